The van der Waals surface area contributed by atoms with Gasteiger partial charge in [-0.25, -0.2) is 0 Å². The molecule has 1 aliphatic carbocycles. The fourth-order valence-corrected chi connectivity index (χ4v) is 2.50. The molecule has 20 heavy (non-hydrogen) atoms. The lowest BCUT2D eigenvalue weighted by Gasteiger charge is -2.32. The van der Waals surface area contributed by atoms with Gasteiger partial charge in [-0.1, -0.05) is 26.8 Å². The summed E-state index contributed by atoms with van der Waals surface area (Å²) in [6, 6.07) is 0. The van der Waals surface area contributed by atoms with Crippen LogP contribution in [0.15, 0.2) is 23.3 Å². The molecule has 0 N–H and O–H groups in total. The maximum Gasteiger partial charge on any atom is 0.306 e. The van der Waals surface area contributed by atoms with Crippen LogP contribution in [0.4, 0.5) is 0 Å². The van der Waals surface area contributed by atoms with Gasteiger partial charge in [0.15, 0.2) is 5.78 Å². The van der Waals surface area contributed by atoms with E-state index in [2.05, 4.69) is 13.8 Å². The molecule has 1 atom stereocenters. The molecule has 1 unspecified atom stereocenters. The lowest BCUT2D eigenvalue weighted by atomic mass is 9.72. The highest BCUT2D eigenvalue weighted by atomic mass is 16.5. The second kappa shape index (κ2) is 6.87. The highest BCUT2D eigenvalue weighted by molar-refractivity contribution is 5.97. The van der Waals surface area contributed by atoms with Crippen molar-refractivity contribution < 1.29 is 14.3 Å². The molecule has 0 spiro atoms. The molecule has 112 valence electrons. The number of hydrogen-bond acceptors (Lipinski definition) is 3. The van der Waals surface area contributed by atoms with Crippen molar-refractivity contribution in [3.05, 3.63) is 23.3 Å². The van der Waals surface area contributed by atoms with Gasteiger partial charge in [-0.2, -0.15) is 0 Å². The van der Waals surface area contributed by atoms with Crippen LogP contribution < -0.4 is 0 Å². The second-order valence-electron chi connectivity index (χ2n) is 6.15. The number of carbonyl (C=O) groups excluding carboxylic acids is 2. The van der Waals surface area contributed by atoms with E-state index < -0.39 is 0 Å². The molecule has 0 heterocycles. The van der Waals surface area contributed by atoms with Crippen LogP contribution in [0.2, 0.25) is 0 Å². The van der Waals surface area contributed by atoms with E-state index in [-0.39, 0.29) is 23.3 Å². The summed E-state index contributed by atoms with van der Waals surface area (Å²) in [4.78, 5) is 23.2. The molecule has 0 radical (unpaired) electrons. The number of allylic oxidation sites excluding steroid dienone is 3. The van der Waals surface area contributed by atoms with Crippen molar-refractivity contribution in [3.8, 4) is 0 Å². The maximum absolute atomic E-state index is 11.8. The van der Waals surface area contributed by atoms with Gasteiger partial charge in [-0.15, -0.1) is 0 Å². The van der Waals surface area contributed by atoms with E-state index >= 15 is 0 Å². The van der Waals surface area contributed by atoms with Gasteiger partial charge >= 0.3 is 5.97 Å². The quantitative estimate of drug-likeness (QED) is 0.714. The van der Waals surface area contributed by atoms with Crippen molar-refractivity contribution in [3.63, 3.8) is 0 Å². The summed E-state index contributed by atoms with van der Waals surface area (Å²) >= 11 is 0. The van der Waals surface area contributed by atoms with Crippen molar-refractivity contribution >= 4 is 11.8 Å². The molecule has 0 aromatic rings. The minimum absolute atomic E-state index is 0.00163. The summed E-state index contributed by atoms with van der Waals surface area (Å²) in [5.41, 5.74) is 1.90. The maximum atomic E-state index is 11.8. The Morgan fingerprint density at radius 3 is 2.70 bits per heavy atom. The van der Waals surface area contributed by atoms with Crippen LogP contribution in [0.25, 0.3) is 0 Å². The molecule has 0 fully saturated rings. The van der Waals surface area contributed by atoms with Crippen LogP contribution in [0.1, 0.15) is 60.3 Å². The van der Waals surface area contributed by atoms with Gasteiger partial charge in [0.25, 0.3) is 0 Å². The SMILES string of the molecule is CCCC(=O)OC(C)/C=C/C1=C(C)C(=O)CCC1(C)C. The number of ether oxygens (including phenoxy) is 1. The summed E-state index contributed by atoms with van der Waals surface area (Å²) in [6.45, 7) is 9.98. The Hall–Kier alpha value is -1.38. The molecule has 1 rings (SSSR count). The van der Waals surface area contributed by atoms with Gasteiger partial charge in [-0.05, 0) is 49.3 Å². The topological polar surface area (TPSA) is 43.4 Å². The van der Waals surface area contributed by atoms with Crippen LogP contribution in [-0.4, -0.2) is 17.9 Å². The van der Waals surface area contributed by atoms with Crippen LogP contribution >= 0.6 is 0 Å². The lowest BCUT2D eigenvalue weighted by Crippen LogP contribution is -2.24. The summed E-state index contributed by atoms with van der Waals surface area (Å²) in [7, 11) is 0. The highest BCUT2D eigenvalue weighted by Crippen LogP contribution is 2.39. The zero-order valence-corrected chi connectivity index (χ0v) is 13.3. The minimum Gasteiger partial charge on any atom is -0.458 e. The largest absolute Gasteiger partial charge is 0.458 e. The monoisotopic (exact) mass is 278 g/mol. The Morgan fingerprint density at radius 2 is 2.10 bits per heavy atom. The summed E-state index contributed by atoms with van der Waals surface area (Å²) in [5, 5.41) is 0. The van der Waals surface area contributed by atoms with Gasteiger partial charge in [0, 0.05) is 12.8 Å². The summed E-state index contributed by atoms with van der Waals surface area (Å²) < 4.78 is 5.28. The van der Waals surface area contributed by atoms with Gasteiger partial charge in [0.1, 0.15) is 6.10 Å². The molecule has 0 bridgehead atoms. The van der Waals surface area contributed by atoms with Gasteiger partial charge in [-0.3, -0.25) is 9.59 Å². The predicted octanol–water partition coefficient (Wildman–Crippen LogP) is 3.98. The van der Waals surface area contributed by atoms with Crippen LogP contribution in [0.3, 0.4) is 0 Å². The molecule has 3 heteroatoms. The van der Waals surface area contributed by atoms with Crippen molar-refractivity contribution in [1.82, 2.24) is 0 Å². The van der Waals surface area contributed by atoms with Crippen molar-refractivity contribution in [1.29, 1.82) is 0 Å². The first-order valence-corrected chi connectivity index (χ1v) is 7.40. The lowest BCUT2D eigenvalue weighted by molar-refractivity contribution is -0.146. The third-order valence-electron chi connectivity index (χ3n) is 3.83. The first-order valence-electron chi connectivity index (χ1n) is 7.40. The average molecular weight is 278 g/mol. The van der Waals surface area contributed by atoms with Gasteiger partial charge < -0.3 is 4.74 Å². The van der Waals surface area contributed by atoms with E-state index in [0.29, 0.717) is 12.8 Å². The molecular formula is C17H26O3. The minimum atomic E-state index is -0.262. The third-order valence-corrected chi connectivity index (χ3v) is 3.83. The normalized spacial score (nSPS) is 20.4. The fraction of sp³-hybridized carbons (Fsp3) is 0.647. The molecule has 0 saturated carbocycles. The molecule has 0 aromatic carbocycles. The van der Waals surface area contributed by atoms with Gasteiger partial charge in [0.05, 0.1) is 0 Å². The van der Waals surface area contributed by atoms with Crippen molar-refractivity contribution in [2.75, 3.05) is 0 Å². The summed E-state index contributed by atoms with van der Waals surface area (Å²) in [6.07, 6.45) is 6.29. The van der Waals surface area contributed by atoms with E-state index in [1.54, 1.807) is 0 Å². The number of Topliss-reactive ketones (excluding diaryl/α,β-unsaturated/α-hetero) is 1. The standard InChI is InChI=1S/C17H26O3/c1-6-7-16(19)20-12(2)8-9-14-13(3)15(18)10-11-17(14,4)5/h8-9,12H,6-7,10-11H2,1-5H3/b9-8+. The smallest absolute Gasteiger partial charge is 0.306 e. The Balaban J connectivity index is 2.79. The average Bonchev–Trinajstić information content (AvgIpc) is 2.34. The molecule has 0 amide bonds. The van der Waals surface area contributed by atoms with Crippen molar-refractivity contribution in [2.45, 2.75) is 66.4 Å². The first-order chi connectivity index (χ1) is 9.27. The van der Waals surface area contributed by atoms with Crippen molar-refractivity contribution in [2.24, 2.45) is 5.41 Å². The first kappa shape index (κ1) is 16.7. The van der Waals surface area contributed by atoms with Crippen LogP contribution in [-0.2, 0) is 14.3 Å². The summed E-state index contributed by atoms with van der Waals surface area (Å²) in [5.74, 6) is 0.0499. The molecule has 0 aromatic heterocycles. The Morgan fingerprint density at radius 1 is 1.45 bits per heavy atom. The molecular weight excluding hydrogens is 252 g/mol. The number of rotatable bonds is 5. The number of esters is 1. The predicted molar refractivity (Wildman–Crippen MR) is 80.3 cm³/mol. The highest BCUT2D eigenvalue weighted by Gasteiger charge is 2.30. The molecule has 0 saturated heterocycles. The van der Waals surface area contributed by atoms with Crippen LogP contribution in [0.5, 0.6) is 0 Å². The Kier molecular flexibility index (Phi) is 5.73. The van der Waals surface area contributed by atoms with E-state index in [9.17, 15) is 9.59 Å². The number of hydrogen-bond donors (Lipinski definition) is 0. The number of ketones is 1. The zero-order valence-electron chi connectivity index (χ0n) is 13.3. The number of carbonyl (C=O) groups is 2. The van der Waals surface area contributed by atoms with E-state index in [4.69, 9.17) is 4.74 Å². The third kappa shape index (κ3) is 4.32. The molecule has 0 aliphatic heterocycles. The Bertz CT molecular complexity index is 441. The Labute approximate surface area is 122 Å². The van der Waals surface area contributed by atoms with Crippen LogP contribution in [0, 0.1) is 5.41 Å². The molecule has 1 aliphatic rings. The second-order valence-corrected chi connectivity index (χ2v) is 6.15. The van der Waals surface area contributed by atoms with E-state index in [1.807, 2.05) is 32.9 Å². The molecule has 3 nitrogen and oxygen atoms in total. The van der Waals surface area contributed by atoms with Gasteiger partial charge in [0.2, 0.25) is 0 Å². The zero-order chi connectivity index (χ0) is 15.3. The van der Waals surface area contributed by atoms with E-state index in [1.165, 1.54) is 0 Å². The fourth-order valence-electron chi connectivity index (χ4n) is 2.50. The van der Waals surface area contributed by atoms with E-state index in [0.717, 1.165) is 24.0 Å².